The predicted molar refractivity (Wildman–Crippen MR) is 99.7 cm³/mol. The van der Waals surface area contributed by atoms with Gasteiger partial charge in [-0.1, -0.05) is 24.8 Å². The summed E-state index contributed by atoms with van der Waals surface area (Å²) >= 11 is 0. The lowest BCUT2D eigenvalue weighted by molar-refractivity contribution is -0.117. The Bertz CT molecular complexity index is 812. The van der Waals surface area contributed by atoms with E-state index in [1.54, 1.807) is 18.9 Å². The Morgan fingerprint density at radius 1 is 1.20 bits per heavy atom. The number of para-hydroxylation sites is 1. The van der Waals surface area contributed by atoms with E-state index in [1.165, 1.54) is 6.20 Å². The van der Waals surface area contributed by atoms with Gasteiger partial charge in [-0.05, 0) is 35.9 Å². The Morgan fingerprint density at radius 2 is 1.92 bits per heavy atom. The number of aliphatic imine (C=N–C) groups is 1. The molecule has 1 amide bonds. The molecule has 1 heterocycles. The van der Waals surface area contributed by atoms with Crippen LogP contribution in [-0.2, 0) is 11.3 Å². The largest absolute Gasteiger partial charge is 0.497 e. The number of carbonyl (C=O) groups is 1. The highest BCUT2D eigenvalue weighted by molar-refractivity contribution is 6.01. The van der Waals surface area contributed by atoms with Gasteiger partial charge in [0, 0.05) is 25.2 Å². The Morgan fingerprint density at radius 3 is 2.56 bits per heavy atom. The lowest BCUT2D eigenvalue weighted by Gasteiger charge is -2.38. The number of nitrogens with zero attached hydrogens (tertiary/aromatic N) is 3. The maximum Gasteiger partial charge on any atom is 0.225 e. The van der Waals surface area contributed by atoms with Crippen molar-refractivity contribution in [3.8, 4) is 5.75 Å². The maximum absolute atomic E-state index is 12.1. The molecule has 2 aromatic carbocycles. The van der Waals surface area contributed by atoms with Crippen molar-refractivity contribution >= 4 is 17.4 Å². The summed E-state index contributed by atoms with van der Waals surface area (Å²) < 4.78 is 5.22. The first-order valence-corrected chi connectivity index (χ1v) is 8.08. The van der Waals surface area contributed by atoms with Crippen molar-refractivity contribution in [1.29, 1.82) is 0 Å². The standard InChI is InChI=1S/C20H21N3O2/c1-4-21-20(16-9-11-18(25-3)12-10-16)22-13-17-7-5-6-8-19(17)23(14-22)15(2)24/h4-12H,1,13-14H2,2-3H3. The second-order valence-corrected chi connectivity index (χ2v) is 5.78. The molecule has 0 radical (unpaired) electrons. The number of hydrogen-bond donors (Lipinski definition) is 0. The first-order valence-electron chi connectivity index (χ1n) is 8.08. The third-order valence-electron chi connectivity index (χ3n) is 4.20. The van der Waals surface area contributed by atoms with Crippen molar-refractivity contribution in [2.75, 3.05) is 18.7 Å². The quantitative estimate of drug-likeness (QED) is 0.638. The van der Waals surface area contributed by atoms with Crippen LogP contribution in [0.25, 0.3) is 0 Å². The van der Waals surface area contributed by atoms with Gasteiger partial charge < -0.3 is 9.64 Å². The van der Waals surface area contributed by atoms with Crippen molar-refractivity contribution in [2.45, 2.75) is 13.5 Å². The highest BCUT2D eigenvalue weighted by Crippen LogP contribution is 2.28. The smallest absolute Gasteiger partial charge is 0.225 e. The van der Waals surface area contributed by atoms with E-state index in [0.717, 1.165) is 28.4 Å². The Hall–Kier alpha value is -3.08. The number of anilines is 1. The predicted octanol–water partition coefficient (Wildman–Crippen LogP) is 3.41. The number of amidine groups is 1. The highest BCUT2D eigenvalue weighted by Gasteiger charge is 2.27. The zero-order valence-electron chi connectivity index (χ0n) is 14.5. The molecule has 0 saturated carbocycles. The van der Waals surface area contributed by atoms with Crippen molar-refractivity contribution in [2.24, 2.45) is 4.99 Å². The Balaban J connectivity index is 1.99. The molecule has 0 saturated heterocycles. The van der Waals surface area contributed by atoms with Crippen LogP contribution in [-0.4, -0.2) is 30.4 Å². The van der Waals surface area contributed by atoms with Crippen molar-refractivity contribution in [3.05, 3.63) is 72.4 Å². The molecule has 0 unspecified atom stereocenters. The third-order valence-corrected chi connectivity index (χ3v) is 4.20. The van der Waals surface area contributed by atoms with E-state index >= 15 is 0 Å². The number of methoxy groups -OCH3 is 1. The molecule has 0 bridgehead atoms. The van der Waals surface area contributed by atoms with Gasteiger partial charge in [0.1, 0.15) is 11.6 Å². The van der Waals surface area contributed by atoms with Crippen molar-refractivity contribution < 1.29 is 9.53 Å². The molecule has 1 aliphatic rings. The zero-order valence-corrected chi connectivity index (χ0v) is 14.5. The van der Waals surface area contributed by atoms with Gasteiger partial charge in [0.15, 0.2) is 0 Å². The minimum absolute atomic E-state index is 0.00448. The molecule has 0 spiro atoms. The van der Waals surface area contributed by atoms with Crippen LogP contribution in [0.5, 0.6) is 5.75 Å². The molecule has 2 aromatic rings. The minimum atomic E-state index is 0.00448. The third kappa shape index (κ3) is 3.40. The molecular formula is C20H21N3O2. The van der Waals surface area contributed by atoms with Gasteiger partial charge in [0.25, 0.3) is 0 Å². The fraction of sp³-hybridized carbons (Fsp3) is 0.200. The monoisotopic (exact) mass is 335 g/mol. The molecule has 0 aromatic heterocycles. The average molecular weight is 335 g/mol. The number of carbonyl (C=O) groups excluding carboxylic acids is 1. The summed E-state index contributed by atoms with van der Waals surface area (Å²) in [5, 5.41) is 0. The second-order valence-electron chi connectivity index (χ2n) is 5.78. The fourth-order valence-electron chi connectivity index (χ4n) is 2.99. The molecular weight excluding hydrogens is 314 g/mol. The summed E-state index contributed by atoms with van der Waals surface area (Å²) in [4.78, 5) is 20.4. The van der Waals surface area contributed by atoms with Gasteiger partial charge in [-0.3, -0.25) is 9.69 Å². The highest BCUT2D eigenvalue weighted by atomic mass is 16.5. The Labute approximate surface area is 147 Å². The maximum atomic E-state index is 12.1. The molecule has 5 heteroatoms. The van der Waals surface area contributed by atoms with Gasteiger partial charge in [0.05, 0.1) is 19.5 Å². The number of fused-ring (bicyclic) bond motifs is 1. The first-order chi connectivity index (χ1) is 12.1. The van der Waals surface area contributed by atoms with Gasteiger partial charge in [-0.25, -0.2) is 4.99 Å². The molecule has 0 atom stereocenters. The molecule has 0 fully saturated rings. The zero-order chi connectivity index (χ0) is 17.8. The fourth-order valence-corrected chi connectivity index (χ4v) is 2.99. The normalized spacial score (nSPS) is 14.1. The van der Waals surface area contributed by atoms with Gasteiger partial charge in [-0.15, -0.1) is 0 Å². The summed E-state index contributed by atoms with van der Waals surface area (Å²) in [6.07, 6.45) is 1.53. The molecule has 3 rings (SSSR count). The molecule has 25 heavy (non-hydrogen) atoms. The van der Waals surface area contributed by atoms with Crippen LogP contribution in [0, 0.1) is 0 Å². The number of rotatable bonds is 3. The van der Waals surface area contributed by atoms with Crippen LogP contribution in [0.3, 0.4) is 0 Å². The number of amides is 1. The van der Waals surface area contributed by atoms with E-state index in [9.17, 15) is 4.79 Å². The van der Waals surface area contributed by atoms with Crippen LogP contribution in [0.2, 0.25) is 0 Å². The summed E-state index contributed by atoms with van der Waals surface area (Å²) in [5.74, 6) is 1.57. The molecule has 128 valence electrons. The lowest BCUT2D eigenvalue weighted by atomic mass is 10.1. The van der Waals surface area contributed by atoms with E-state index in [4.69, 9.17) is 4.74 Å². The molecule has 1 aliphatic heterocycles. The molecule has 0 aliphatic carbocycles. The van der Waals surface area contributed by atoms with Gasteiger partial charge in [0.2, 0.25) is 5.91 Å². The molecule has 5 nitrogen and oxygen atoms in total. The van der Waals surface area contributed by atoms with Crippen LogP contribution in [0.4, 0.5) is 5.69 Å². The van der Waals surface area contributed by atoms with Crippen LogP contribution in [0.1, 0.15) is 18.1 Å². The topological polar surface area (TPSA) is 45.1 Å². The Kier molecular flexibility index (Phi) is 4.84. The minimum Gasteiger partial charge on any atom is -0.497 e. The first kappa shape index (κ1) is 16.8. The van der Waals surface area contributed by atoms with Gasteiger partial charge in [-0.2, -0.15) is 0 Å². The van der Waals surface area contributed by atoms with E-state index in [0.29, 0.717) is 13.2 Å². The average Bonchev–Trinajstić information content (AvgIpc) is 2.65. The summed E-state index contributed by atoms with van der Waals surface area (Å²) in [6, 6.07) is 15.7. The van der Waals surface area contributed by atoms with E-state index in [-0.39, 0.29) is 5.91 Å². The number of benzene rings is 2. The van der Waals surface area contributed by atoms with Gasteiger partial charge >= 0.3 is 0 Å². The summed E-state index contributed by atoms with van der Waals surface area (Å²) in [7, 11) is 1.64. The summed E-state index contributed by atoms with van der Waals surface area (Å²) in [5.41, 5.74) is 3.00. The number of ether oxygens (including phenoxy) is 1. The van der Waals surface area contributed by atoms with Crippen LogP contribution in [0.15, 0.2) is 66.3 Å². The second kappa shape index (κ2) is 7.21. The summed E-state index contributed by atoms with van der Waals surface area (Å²) in [6.45, 7) is 6.44. The lowest BCUT2D eigenvalue weighted by Crippen LogP contribution is -2.47. The van der Waals surface area contributed by atoms with E-state index < -0.39 is 0 Å². The van der Waals surface area contributed by atoms with Crippen LogP contribution < -0.4 is 9.64 Å². The van der Waals surface area contributed by atoms with Crippen molar-refractivity contribution in [3.63, 3.8) is 0 Å². The van der Waals surface area contributed by atoms with E-state index in [2.05, 4.69) is 16.5 Å². The van der Waals surface area contributed by atoms with Crippen LogP contribution >= 0.6 is 0 Å². The van der Waals surface area contributed by atoms with E-state index in [1.807, 2.05) is 48.5 Å². The molecule has 0 N–H and O–H groups in total. The SMILES string of the molecule is C=CN=C(c1ccc(OC)cc1)N1Cc2ccccc2N(C(C)=O)C1. The number of hydrogen-bond acceptors (Lipinski definition) is 3. The van der Waals surface area contributed by atoms with Crippen molar-refractivity contribution in [1.82, 2.24) is 4.90 Å².